The van der Waals surface area contributed by atoms with E-state index in [1.54, 1.807) is 17.8 Å². The molecule has 0 spiro atoms. The van der Waals surface area contributed by atoms with Gasteiger partial charge in [0.15, 0.2) is 0 Å². The second-order valence-corrected chi connectivity index (χ2v) is 7.82. The van der Waals surface area contributed by atoms with Crippen LogP contribution >= 0.6 is 11.8 Å². The average molecular weight is 384 g/mol. The number of nitrogens with one attached hydrogen (secondary N) is 1. The van der Waals surface area contributed by atoms with Crippen molar-refractivity contribution in [1.29, 1.82) is 0 Å². The largest absolute Gasteiger partial charge is 0.424 e. The molecule has 8 heteroatoms. The molecule has 0 radical (unpaired) electrons. The van der Waals surface area contributed by atoms with Crippen LogP contribution in [0.5, 0.6) is 0 Å². The summed E-state index contributed by atoms with van der Waals surface area (Å²) in [6.45, 7) is 2.03. The summed E-state index contributed by atoms with van der Waals surface area (Å²) in [5.74, 6) is 1.46. The number of nitrogens with zero attached hydrogens (tertiary/aromatic N) is 3. The molecule has 7 nitrogen and oxygen atoms in total. The molecular formula is C19H20N4O3S. The Morgan fingerprint density at radius 2 is 2.04 bits per heavy atom. The van der Waals surface area contributed by atoms with Gasteiger partial charge in [0.2, 0.25) is 17.5 Å². The summed E-state index contributed by atoms with van der Waals surface area (Å²) in [5, 5.41) is 15.4. The number of benzene rings is 1. The normalized spacial score (nSPS) is 20.1. The number of hydrogen-bond donors (Lipinski definition) is 1. The molecule has 0 saturated heterocycles. The topological polar surface area (TPSA) is 94.1 Å². The number of amides is 1. The van der Waals surface area contributed by atoms with E-state index in [1.807, 2.05) is 43.5 Å². The van der Waals surface area contributed by atoms with Crippen molar-refractivity contribution in [3.05, 3.63) is 53.9 Å². The molecule has 3 aromatic rings. The molecule has 1 unspecified atom stereocenters. The minimum atomic E-state index is -0.254. The highest BCUT2D eigenvalue weighted by Gasteiger charge is 2.36. The number of thioether (sulfide) groups is 1. The first kappa shape index (κ1) is 17.8. The Kier molecular flexibility index (Phi) is 4.98. The quantitative estimate of drug-likeness (QED) is 0.690. The van der Waals surface area contributed by atoms with Crippen molar-refractivity contribution in [2.45, 2.75) is 37.0 Å². The van der Waals surface area contributed by atoms with Gasteiger partial charge < -0.3 is 14.3 Å². The third-order valence-corrected chi connectivity index (χ3v) is 5.69. The van der Waals surface area contributed by atoms with E-state index in [9.17, 15) is 4.79 Å². The zero-order chi connectivity index (χ0) is 18.8. The molecule has 1 atom stereocenters. The third-order valence-electron chi connectivity index (χ3n) is 4.78. The highest BCUT2D eigenvalue weighted by Crippen LogP contribution is 2.37. The summed E-state index contributed by atoms with van der Waals surface area (Å²) < 4.78 is 10.9. The molecular weight excluding hydrogens is 364 g/mol. The first-order valence-electron chi connectivity index (χ1n) is 8.83. The molecule has 1 aromatic carbocycles. The van der Waals surface area contributed by atoms with Crippen LogP contribution in [0.25, 0.3) is 11.3 Å². The monoisotopic (exact) mass is 384 g/mol. The number of carbonyl (C=O) groups is 1. The van der Waals surface area contributed by atoms with Gasteiger partial charge in [0.25, 0.3) is 5.91 Å². The predicted octanol–water partition coefficient (Wildman–Crippen LogP) is 3.82. The lowest BCUT2D eigenvalue weighted by atomic mass is 9.80. The van der Waals surface area contributed by atoms with Gasteiger partial charge >= 0.3 is 0 Å². The highest BCUT2D eigenvalue weighted by molar-refractivity contribution is 7.98. The van der Waals surface area contributed by atoms with Gasteiger partial charge in [-0.3, -0.25) is 4.79 Å². The predicted molar refractivity (Wildman–Crippen MR) is 101 cm³/mol. The lowest BCUT2D eigenvalue weighted by Gasteiger charge is -2.33. The second kappa shape index (κ2) is 7.56. The van der Waals surface area contributed by atoms with E-state index in [-0.39, 0.29) is 28.9 Å². The molecule has 1 N–H and O–H groups in total. The Labute approximate surface area is 160 Å². The summed E-state index contributed by atoms with van der Waals surface area (Å²) in [5.41, 5.74) is 1.56. The fraction of sp³-hybridized carbons (Fsp3) is 0.368. The minimum Gasteiger partial charge on any atom is -0.424 e. The van der Waals surface area contributed by atoms with Crippen LogP contribution in [0.1, 0.15) is 53.3 Å². The van der Waals surface area contributed by atoms with Crippen LogP contribution in [0, 0.1) is 0 Å². The zero-order valence-electron chi connectivity index (χ0n) is 15.1. The minimum absolute atomic E-state index is 0.0705. The fourth-order valence-corrected chi connectivity index (χ4v) is 3.29. The maximum atomic E-state index is 12.4. The molecule has 4 rings (SSSR count). The lowest BCUT2D eigenvalue weighted by molar-refractivity contribution is 0.0865. The Balaban J connectivity index is 1.32. The van der Waals surface area contributed by atoms with Crippen molar-refractivity contribution in [3.63, 3.8) is 0 Å². The van der Waals surface area contributed by atoms with Gasteiger partial charge in [-0.25, -0.2) is 0 Å². The van der Waals surface area contributed by atoms with E-state index >= 15 is 0 Å². The van der Waals surface area contributed by atoms with Crippen LogP contribution in [-0.4, -0.2) is 33.6 Å². The van der Waals surface area contributed by atoms with E-state index in [4.69, 9.17) is 8.94 Å². The van der Waals surface area contributed by atoms with Gasteiger partial charge in [-0.1, -0.05) is 35.5 Å². The van der Waals surface area contributed by atoms with E-state index in [0.717, 1.165) is 18.4 Å². The molecule has 1 aliphatic rings. The number of carbonyl (C=O) groups excluding carboxylic acids is 1. The first-order valence-corrected chi connectivity index (χ1v) is 10.1. The van der Waals surface area contributed by atoms with Crippen LogP contribution in [0.4, 0.5) is 0 Å². The van der Waals surface area contributed by atoms with Gasteiger partial charge in [0, 0.05) is 23.6 Å². The van der Waals surface area contributed by atoms with E-state index < -0.39 is 0 Å². The van der Waals surface area contributed by atoms with Crippen LogP contribution in [-0.2, 0) is 0 Å². The molecule has 0 aliphatic heterocycles. The third kappa shape index (κ3) is 3.75. The lowest BCUT2D eigenvalue weighted by Crippen LogP contribution is -2.43. The molecule has 27 heavy (non-hydrogen) atoms. The molecule has 1 fully saturated rings. The number of rotatable bonds is 6. The number of hydrogen-bond acceptors (Lipinski definition) is 7. The first-order chi connectivity index (χ1) is 13.1. The fourth-order valence-electron chi connectivity index (χ4n) is 3.00. The average Bonchev–Trinajstić information content (AvgIpc) is 3.34. The number of aromatic nitrogens is 3. The van der Waals surface area contributed by atoms with Gasteiger partial charge in [0.1, 0.15) is 5.69 Å². The van der Waals surface area contributed by atoms with Crippen molar-refractivity contribution < 1.29 is 13.7 Å². The molecule has 1 amide bonds. The molecule has 1 aliphatic carbocycles. The van der Waals surface area contributed by atoms with E-state index in [1.165, 1.54) is 0 Å². The molecule has 2 heterocycles. The van der Waals surface area contributed by atoms with Gasteiger partial charge in [-0.05, 0) is 26.0 Å². The maximum absolute atomic E-state index is 12.4. The van der Waals surface area contributed by atoms with Gasteiger partial charge in [-0.15, -0.1) is 10.2 Å². The van der Waals surface area contributed by atoms with Crippen LogP contribution in [0.15, 0.2) is 45.3 Å². The van der Waals surface area contributed by atoms with Crippen molar-refractivity contribution in [1.82, 2.24) is 20.7 Å². The summed E-state index contributed by atoms with van der Waals surface area (Å²) in [6, 6.07) is 11.3. The van der Waals surface area contributed by atoms with Crippen LogP contribution in [0.2, 0.25) is 0 Å². The second-order valence-electron chi connectivity index (χ2n) is 6.64. The summed E-state index contributed by atoms with van der Waals surface area (Å²) in [7, 11) is 0. The van der Waals surface area contributed by atoms with Crippen LogP contribution in [0.3, 0.4) is 0 Å². The molecule has 0 bridgehead atoms. The SMILES string of the molecule is CSC(C)c1nnc(C2CC(NC(=O)c3cc(-c4ccccc4)no3)C2)o1. The summed E-state index contributed by atoms with van der Waals surface area (Å²) >= 11 is 1.67. The van der Waals surface area contributed by atoms with Gasteiger partial charge in [0.05, 0.1) is 5.25 Å². The summed E-state index contributed by atoms with van der Waals surface area (Å²) in [4.78, 5) is 12.4. The highest BCUT2D eigenvalue weighted by atomic mass is 32.2. The van der Waals surface area contributed by atoms with Crippen molar-refractivity contribution in [2.75, 3.05) is 6.26 Å². The Morgan fingerprint density at radius 3 is 2.78 bits per heavy atom. The van der Waals surface area contributed by atoms with Crippen LogP contribution < -0.4 is 5.32 Å². The summed E-state index contributed by atoms with van der Waals surface area (Å²) in [6.07, 6.45) is 3.57. The van der Waals surface area contributed by atoms with E-state index in [0.29, 0.717) is 17.5 Å². The zero-order valence-corrected chi connectivity index (χ0v) is 15.9. The van der Waals surface area contributed by atoms with Gasteiger partial charge in [-0.2, -0.15) is 11.8 Å². The van der Waals surface area contributed by atoms with Crippen molar-refractivity contribution >= 4 is 17.7 Å². The standard InChI is InChI=1S/C19H20N4O3S/c1-11(27-2)18-21-22-19(25-18)13-8-14(9-13)20-17(24)16-10-15(23-26-16)12-6-4-3-5-7-12/h3-7,10-11,13-14H,8-9H2,1-2H3,(H,20,24). The Hall–Kier alpha value is -2.61. The molecule has 2 aromatic heterocycles. The maximum Gasteiger partial charge on any atom is 0.290 e. The molecule has 140 valence electrons. The van der Waals surface area contributed by atoms with Crippen molar-refractivity contribution in [2.24, 2.45) is 0 Å². The Bertz CT molecular complexity index is 918. The van der Waals surface area contributed by atoms with E-state index in [2.05, 4.69) is 20.7 Å². The molecule has 1 saturated carbocycles. The smallest absolute Gasteiger partial charge is 0.290 e. The Morgan fingerprint density at radius 1 is 1.26 bits per heavy atom. The van der Waals surface area contributed by atoms with Crippen molar-refractivity contribution in [3.8, 4) is 11.3 Å².